The largest absolute Gasteiger partial charge is 0.392 e. The van der Waals surface area contributed by atoms with E-state index in [1.807, 2.05) is 18.2 Å². The summed E-state index contributed by atoms with van der Waals surface area (Å²) in [6.07, 6.45) is 4.06. The summed E-state index contributed by atoms with van der Waals surface area (Å²) in [4.78, 5) is 3.98. The predicted molar refractivity (Wildman–Crippen MR) is 75.9 cm³/mol. The molecule has 1 aliphatic rings. The van der Waals surface area contributed by atoms with Crippen molar-refractivity contribution >= 4 is 5.82 Å². The van der Waals surface area contributed by atoms with Gasteiger partial charge in [-0.05, 0) is 48.1 Å². The Morgan fingerprint density at radius 3 is 3.00 bits per heavy atom. The standard InChI is InChI=1S/C16H18N2O/c17-16-10-11(7-8-18-16)9-15(19)14-6-5-12-3-1-2-4-13(12)14/h1-4,7-8,10,14-15,19H,5-6,9H2,(H2,17,18). The molecule has 3 nitrogen and oxygen atoms in total. The Morgan fingerprint density at radius 2 is 2.16 bits per heavy atom. The van der Waals surface area contributed by atoms with Crippen molar-refractivity contribution in [1.82, 2.24) is 4.98 Å². The van der Waals surface area contributed by atoms with E-state index in [4.69, 9.17) is 5.73 Å². The molecule has 2 aromatic rings. The first-order chi connectivity index (χ1) is 9.24. The van der Waals surface area contributed by atoms with Crippen LogP contribution in [-0.2, 0) is 12.8 Å². The van der Waals surface area contributed by atoms with Crippen LogP contribution in [-0.4, -0.2) is 16.2 Å². The van der Waals surface area contributed by atoms with Crippen molar-refractivity contribution in [1.29, 1.82) is 0 Å². The third-order valence-corrected chi connectivity index (χ3v) is 3.93. The Bertz CT molecular complexity index is 582. The van der Waals surface area contributed by atoms with Crippen molar-refractivity contribution in [2.45, 2.75) is 31.3 Å². The average Bonchev–Trinajstić information content (AvgIpc) is 2.82. The second-order valence-electron chi connectivity index (χ2n) is 5.20. The highest BCUT2D eigenvalue weighted by Crippen LogP contribution is 2.36. The van der Waals surface area contributed by atoms with Gasteiger partial charge >= 0.3 is 0 Å². The molecule has 0 saturated heterocycles. The molecule has 0 radical (unpaired) electrons. The zero-order valence-corrected chi connectivity index (χ0v) is 10.8. The first-order valence-electron chi connectivity index (χ1n) is 6.70. The maximum absolute atomic E-state index is 10.5. The summed E-state index contributed by atoms with van der Waals surface area (Å²) in [6, 6.07) is 12.2. The van der Waals surface area contributed by atoms with Crippen molar-refractivity contribution in [3.05, 3.63) is 59.3 Å². The molecule has 2 atom stereocenters. The van der Waals surface area contributed by atoms with E-state index in [0.717, 1.165) is 18.4 Å². The number of nitrogens with two attached hydrogens (primary N) is 1. The molecular formula is C16H18N2O. The number of pyridine rings is 1. The molecule has 1 aliphatic carbocycles. The first kappa shape index (κ1) is 12.2. The molecule has 0 saturated carbocycles. The summed E-state index contributed by atoms with van der Waals surface area (Å²) >= 11 is 0. The fraction of sp³-hybridized carbons (Fsp3) is 0.312. The number of anilines is 1. The average molecular weight is 254 g/mol. The molecule has 0 spiro atoms. The van der Waals surface area contributed by atoms with Gasteiger partial charge in [0.1, 0.15) is 5.82 Å². The smallest absolute Gasteiger partial charge is 0.123 e. The van der Waals surface area contributed by atoms with Crippen LogP contribution < -0.4 is 5.73 Å². The molecule has 0 aliphatic heterocycles. The first-order valence-corrected chi connectivity index (χ1v) is 6.70. The lowest BCUT2D eigenvalue weighted by molar-refractivity contribution is 0.143. The number of aryl methyl sites for hydroxylation is 1. The molecule has 0 fully saturated rings. The van der Waals surface area contributed by atoms with Crippen LogP contribution in [0.1, 0.15) is 29.0 Å². The topological polar surface area (TPSA) is 59.1 Å². The lowest BCUT2D eigenvalue weighted by atomic mass is 9.91. The van der Waals surface area contributed by atoms with E-state index < -0.39 is 0 Å². The summed E-state index contributed by atoms with van der Waals surface area (Å²) in [7, 11) is 0. The fourth-order valence-electron chi connectivity index (χ4n) is 2.99. The van der Waals surface area contributed by atoms with E-state index >= 15 is 0 Å². The number of aliphatic hydroxyl groups is 1. The van der Waals surface area contributed by atoms with Crippen LogP contribution in [0.25, 0.3) is 0 Å². The monoisotopic (exact) mass is 254 g/mol. The zero-order chi connectivity index (χ0) is 13.2. The van der Waals surface area contributed by atoms with Crippen LogP contribution in [0.5, 0.6) is 0 Å². The van der Waals surface area contributed by atoms with Gasteiger partial charge in [-0.15, -0.1) is 0 Å². The highest BCUT2D eigenvalue weighted by Gasteiger charge is 2.28. The van der Waals surface area contributed by atoms with E-state index in [1.54, 1.807) is 6.20 Å². The SMILES string of the molecule is Nc1cc(CC(O)C2CCc3ccccc32)ccn1. The summed E-state index contributed by atoms with van der Waals surface area (Å²) in [5.41, 5.74) is 9.40. The quantitative estimate of drug-likeness (QED) is 0.883. The minimum Gasteiger partial charge on any atom is -0.392 e. The molecule has 19 heavy (non-hydrogen) atoms. The second kappa shape index (κ2) is 5.02. The predicted octanol–water partition coefficient (Wildman–Crippen LogP) is 2.30. The summed E-state index contributed by atoms with van der Waals surface area (Å²) in [5, 5.41) is 10.5. The van der Waals surface area contributed by atoms with Gasteiger partial charge in [0, 0.05) is 12.1 Å². The summed E-state index contributed by atoms with van der Waals surface area (Å²) < 4.78 is 0. The van der Waals surface area contributed by atoms with Gasteiger partial charge in [-0.3, -0.25) is 0 Å². The Hall–Kier alpha value is -1.87. The van der Waals surface area contributed by atoms with Crippen LogP contribution in [0.15, 0.2) is 42.6 Å². The molecule has 1 aromatic carbocycles. The number of hydrogen-bond donors (Lipinski definition) is 2. The summed E-state index contributed by atoms with van der Waals surface area (Å²) in [5.74, 6) is 0.752. The molecule has 2 unspecified atom stereocenters. The number of nitrogens with zero attached hydrogens (tertiary/aromatic N) is 1. The van der Waals surface area contributed by atoms with Crippen LogP contribution in [0.3, 0.4) is 0 Å². The van der Waals surface area contributed by atoms with E-state index in [1.165, 1.54) is 11.1 Å². The van der Waals surface area contributed by atoms with Crippen molar-refractivity contribution in [2.75, 3.05) is 5.73 Å². The fourth-order valence-corrected chi connectivity index (χ4v) is 2.99. The normalized spacial score (nSPS) is 19.1. The van der Waals surface area contributed by atoms with Crippen LogP contribution in [0.4, 0.5) is 5.82 Å². The molecular weight excluding hydrogens is 236 g/mol. The number of benzene rings is 1. The number of aliphatic hydroxyl groups excluding tert-OH is 1. The van der Waals surface area contributed by atoms with Crippen molar-refractivity contribution in [3.63, 3.8) is 0 Å². The van der Waals surface area contributed by atoms with Crippen LogP contribution in [0.2, 0.25) is 0 Å². The maximum atomic E-state index is 10.5. The Kier molecular flexibility index (Phi) is 3.22. The van der Waals surface area contributed by atoms with Gasteiger partial charge in [0.15, 0.2) is 0 Å². The van der Waals surface area contributed by atoms with E-state index in [0.29, 0.717) is 12.2 Å². The third-order valence-electron chi connectivity index (χ3n) is 3.93. The van der Waals surface area contributed by atoms with Crippen molar-refractivity contribution < 1.29 is 5.11 Å². The minimum atomic E-state index is -0.356. The van der Waals surface area contributed by atoms with Gasteiger partial charge in [0.2, 0.25) is 0 Å². The van der Waals surface area contributed by atoms with Gasteiger partial charge in [-0.1, -0.05) is 24.3 Å². The number of nitrogen functional groups attached to an aromatic ring is 1. The molecule has 0 bridgehead atoms. The van der Waals surface area contributed by atoms with Gasteiger partial charge in [0.05, 0.1) is 6.10 Å². The number of aromatic nitrogens is 1. The minimum absolute atomic E-state index is 0.241. The highest BCUT2D eigenvalue weighted by atomic mass is 16.3. The Balaban J connectivity index is 1.77. The number of fused-ring (bicyclic) bond motifs is 1. The van der Waals surface area contributed by atoms with Crippen molar-refractivity contribution in [2.24, 2.45) is 0 Å². The maximum Gasteiger partial charge on any atom is 0.123 e. The molecule has 3 rings (SSSR count). The number of rotatable bonds is 3. The highest BCUT2D eigenvalue weighted by molar-refractivity contribution is 5.37. The van der Waals surface area contributed by atoms with Gasteiger partial charge in [-0.25, -0.2) is 4.98 Å². The van der Waals surface area contributed by atoms with E-state index in [2.05, 4.69) is 23.2 Å². The molecule has 1 heterocycles. The number of hydrogen-bond acceptors (Lipinski definition) is 3. The van der Waals surface area contributed by atoms with Gasteiger partial charge < -0.3 is 10.8 Å². The molecule has 0 amide bonds. The van der Waals surface area contributed by atoms with E-state index in [-0.39, 0.29) is 12.0 Å². The van der Waals surface area contributed by atoms with Crippen LogP contribution in [0, 0.1) is 0 Å². The van der Waals surface area contributed by atoms with Gasteiger partial charge in [0.25, 0.3) is 0 Å². The lowest BCUT2D eigenvalue weighted by Crippen LogP contribution is -2.19. The summed E-state index contributed by atoms with van der Waals surface area (Å²) in [6.45, 7) is 0. The molecule has 98 valence electrons. The third kappa shape index (κ3) is 2.47. The zero-order valence-electron chi connectivity index (χ0n) is 10.8. The van der Waals surface area contributed by atoms with Crippen LogP contribution >= 0.6 is 0 Å². The van der Waals surface area contributed by atoms with Crippen molar-refractivity contribution in [3.8, 4) is 0 Å². The Labute approximate surface area is 113 Å². The molecule has 3 N–H and O–H groups in total. The van der Waals surface area contributed by atoms with E-state index in [9.17, 15) is 5.11 Å². The molecule has 3 heteroatoms. The Morgan fingerprint density at radius 1 is 1.32 bits per heavy atom. The lowest BCUT2D eigenvalue weighted by Gasteiger charge is -2.19. The second-order valence-corrected chi connectivity index (χ2v) is 5.20. The molecule has 1 aromatic heterocycles. The van der Waals surface area contributed by atoms with Gasteiger partial charge in [-0.2, -0.15) is 0 Å².